The maximum Gasteiger partial charge on any atom is 0.472 e. The predicted molar refractivity (Wildman–Crippen MR) is 331 cm³/mol. The average Bonchev–Trinajstić information content (AvgIpc) is 3.46. The third-order valence-electron chi connectivity index (χ3n) is 15.1. The Morgan fingerprint density at radius 2 is 0.578 bits per heavy atom. The molecule has 0 radical (unpaired) electrons. The summed E-state index contributed by atoms with van der Waals surface area (Å²) in [7, 11) is -9.88. The molecular weight excluding hydrogens is 1100 g/mol. The number of rotatable bonds is 64. The van der Waals surface area contributed by atoms with Crippen LogP contribution < -0.4 is 0 Å². The van der Waals surface area contributed by atoms with Crippen LogP contribution in [-0.4, -0.2) is 96.7 Å². The molecule has 0 aliphatic carbocycles. The van der Waals surface area contributed by atoms with Crippen molar-refractivity contribution in [2.45, 2.75) is 342 Å². The van der Waals surface area contributed by atoms with Gasteiger partial charge in [-0.3, -0.25) is 37.3 Å². The molecule has 0 fully saturated rings. The second-order valence-corrected chi connectivity index (χ2v) is 26.3. The standard InChI is InChI=1S/C64H124O17P2/c1-6-10-13-16-19-22-23-29-33-38-43-48-62(67)75-54-60(81-64(69)50-45-40-35-30-25-24-28-31-36-41-46-57(5)9-4)56-79-83(72,73)77-52-58(65)51-76-82(70,71)78-55-59(80-63(68)49-44-39-34-27-21-18-15-12-8-3)53-74-61(66)47-42-37-32-26-20-17-14-11-7-2/h57-60,65H,6-56H2,1-5H3,(H,70,71)(H,72,73)/t57?,58-,59+,60+/m0/s1. The van der Waals surface area contributed by atoms with Gasteiger partial charge in [-0.25, -0.2) is 9.13 Å². The molecule has 0 spiro atoms. The molecular formula is C64H124O17P2. The van der Waals surface area contributed by atoms with Gasteiger partial charge in [0.05, 0.1) is 26.4 Å². The van der Waals surface area contributed by atoms with E-state index in [9.17, 15) is 43.2 Å². The fraction of sp³-hybridized carbons (Fsp3) is 0.938. The molecule has 0 bridgehead atoms. The Balaban J connectivity index is 5.23. The van der Waals surface area contributed by atoms with Crippen molar-refractivity contribution >= 4 is 39.5 Å². The topological polar surface area (TPSA) is 237 Å². The number of phosphoric ester groups is 2. The lowest BCUT2D eigenvalue weighted by Crippen LogP contribution is -2.30. The van der Waals surface area contributed by atoms with Gasteiger partial charge in [-0.05, 0) is 31.6 Å². The monoisotopic (exact) mass is 1230 g/mol. The fourth-order valence-corrected chi connectivity index (χ4v) is 11.1. The Kier molecular flexibility index (Phi) is 56.4. The van der Waals surface area contributed by atoms with E-state index in [1.807, 2.05) is 0 Å². The smallest absolute Gasteiger partial charge is 0.462 e. The summed E-state index contributed by atoms with van der Waals surface area (Å²) in [5.41, 5.74) is 0. The van der Waals surface area contributed by atoms with Crippen LogP contribution in [-0.2, 0) is 65.4 Å². The number of hydrogen-bond acceptors (Lipinski definition) is 15. The molecule has 19 heteroatoms. The number of phosphoric acid groups is 2. The SMILES string of the molecule is CCCCCCCCCCCCCC(=O)OC[C@H](COP(=O)(O)OC[C@@H](O)COP(=O)(O)OC[C@@H](COC(=O)CCCCCCCCCCC)OC(=O)CCCCCCCCCCC)OC(=O)CCCCCCCCCCCCC(C)CC. The molecule has 0 amide bonds. The molecule has 0 saturated heterocycles. The van der Waals surface area contributed by atoms with Crippen molar-refractivity contribution in [1.82, 2.24) is 0 Å². The number of unbranched alkanes of at least 4 members (excludes halogenated alkanes) is 35. The highest BCUT2D eigenvalue weighted by Crippen LogP contribution is 2.45. The Hall–Kier alpha value is -1.94. The molecule has 0 aliphatic heterocycles. The number of carbonyl (C=O) groups excluding carboxylic acids is 4. The number of aliphatic hydroxyl groups excluding tert-OH is 1. The highest BCUT2D eigenvalue weighted by Gasteiger charge is 2.30. The Morgan fingerprint density at radius 1 is 0.337 bits per heavy atom. The van der Waals surface area contributed by atoms with Crippen molar-refractivity contribution in [1.29, 1.82) is 0 Å². The molecule has 6 atom stereocenters. The van der Waals surface area contributed by atoms with Gasteiger partial charge in [0, 0.05) is 25.7 Å². The highest BCUT2D eigenvalue weighted by atomic mass is 31.2. The van der Waals surface area contributed by atoms with Gasteiger partial charge in [-0.1, -0.05) is 272 Å². The van der Waals surface area contributed by atoms with Crippen LogP contribution in [0.2, 0.25) is 0 Å². The van der Waals surface area contributed by atoms with Crippen molar-refractivity contribution in [2.75, 3.05) is 39.6 Å². The molecule has 0 aromatic rings. The van der Waals surface area contributed by atoms with Crippen LogP contribution in [0.15, 0.2) is 0 Å². The van der Waals surface area contributed by atoms with Gasteiger partial charge in [-0.2, -0.15) is 0 Å². The minimum atomic E-state index is -4.94. The Bertz CT molecular complexity index is 1620. The minimum Gasteiger partial charge on any atom is -0.462 e. The zero-order valence-electron chi connectivity index (χ0n) is 53.3. The van der Waals surface area contributed by atoms with Crippen molar-refractivity contribution < 1.29 is 80.2 Å². The third kappa shape index (κ3) is 57.6. The van der Waals surface area contributed by atoms with Gasteiger partial charge < -0.3 is 33.8 Å². The van der Waals surface area contributed by atoms with Gasteiger partial charge >= 0.3 is 39.5 Å². The molecule has 0 rings (SSSR count). The van der Waals surface area contributed by atoms with Crippen LogP contribution >= 0.6 is 15.6 Å². The summed E-state index contributed by atoms with van der Waals surface area (Å²) in [6.07, 6.45) is 41.5. The summed E-state index contributed by atoms with van der Waals surface area (Å²) in [6.45, 7) is 7.19. The van der Waals surface area contributed by atoms with E-state index in [1.165, 1.54) is 148 Å². The largest absolute Gasteiger partial charge is 0.472 e. The maximum atomic E-state index is 13.0. The molecule has 83 heavy (non-hydrogen) atoms. The summed E-state index contributed by atoms with van der Waals surface area (Å²) in [4.78, 5) is 72.1. The number of ether oxygens (including phenoxy) is 4. The minimum absolute atomic E-state index is 0.106. The number of carbonyl (C=O) groups is 4. The molecule has 17 nitrogen and oxygen atoms in total. The summed E-state index contributed by atoms with van der Waals surface area (Å²) in [6, 6.07) is 0. The molecule has 3 N–H and O–H groups in total. The highest BCUT2D eigenvalue weighted by molar-refractivity contribution is 7.47. The predicted octanol–water partition coefficient (Wildman–Crippen LogP) is 17.8. The van der Waals surface area contributed by atoms with Gasteiger partial charge in [0.15, 0.2) is 12.2 Å². The van der Waals surface area contributed by atoms with Gasteiger partial charge in [0.2, 0.25) is 0 Å². The zero-order valence-corrected chi connectivity index (χ0v) is 55.1. The van der Waals surface area contributed by atoms with E-state index in [-0.39, 0.29) is 25.7 Å². The molecule has 3 unspecified atom stereocenters. The van der Waals surface area contributed by atoms with E-state index in [0.717, 1.165) is 95.8 Å². The van der Waals surface area contributed by atoms with Crippen LogP contribution in [0.5, 0.6) is 0 Å². The van der Waals surface area contributed by atoms with Crippen LogP contribution in [0, 0.1) is 5.92 Å². The van der Waals surface area contributed by atoms with Gasteiger partial charge in [-0.15, -0.1) is 0 Å². The number of hydrogen-bond donors (Lipinski definition) is 3. The van der Waals surface area contributed by atoms with Crippen molar-refractivity contribution in [3.63, 3.8) is 0 Å². The normalized spacial score (nSPS) is 14.6. The van der Waals surface area contributed by atoms with Crippen LogP contribution in [0.4, 0.5) is 0 Å². The number of aliphatic hydroxyl groups is 1. The summed E-state index contributed by atoms with van der Waals surface area (Å²) < 4.78 is 67.9. The summed E-state index contributed by atoms with van der Waals surface area (Å²) in [5, 5.41) is 10.5. The molecule has 0 aromatic carbocycles. The average molecular weight is 1230 g/mol. The quantitative estimate of drug-likeness (QED) is 0.0222. The van der Waals surface area contributed by atoms with Crippen molar-refractivity contribution in [2.24, 2.45) is 5.92 Å². The Labute approximate surface area is 505 Å². The van der Waals surface area contributed by atoms with Crippen molar-refractivity contribution in [3.8, 4) is 0 Å². The van der Waals surface area contributed by atoms with Crippen LogP contribution in [0.1, 0.15) is 324 Å². The van der Waals surface area contributed by atoms with E-state index in [0.29, 0.717) is 25.7 Å². The van der Waals surface area contributed by atoms with Crippen LogP contribution in [0.25, 0.3) is 0 Å². The van der Waals surface area contributed by atoms with Crippen LogP contribution in [0.3, 0.4) is 0 Å². The first-order chi connectivity index (χ1) is 40.1. The maximum absolute atomic E-state index is 13.0. The van der Waals surface area contributed by atoms with E-state index in [1.54, 1.807) is 0 Å². The van der Waals surface area contributed by atoms with Gasteiger partial charge in [0.25, 0.3) is 0 Å². The molecule has 0 aliphatic rings. The third-order valence-corrected chi connectivity index (χ3v) is 17.0. The molecule has 0 heterocycles. The van der Waals surface area contributed by atoms with Crippen molar-refractivity contribution in [3.05, 3.63) is 0 Å². The van der Waals surface area contributed by atoms with E-state index >= 15 is 0 Å². The van der Waals surface area contributed by atoms with E-state index < -0.39 is 97.5 Å². The Morgan fingerprint density at radius 3 is 0.855 bits per heavy atom. The second-order valence-electron chi connectivity index (χ2n) is 23.4. The lowest BCUT2D eigenvalue weighted by Gasteiger charge is -2.21. The first-order valence-electron chi connectivity index (χ1n) is 33.7. The lowest BCUT2D eigenvalue weighted by molar-refractivity contribution is -0.161. The van der Waals surface area contributed by atoms with E-state index in [2.05, 4.69) is 34.6 Å². The molecule has 0 saturated carbocycles. The first kappa shape index (κ1) is 81.1. The summed E-state index contributed by atoms with van der Waals surface area (Å²) >= 11 is 0. The molecule has 0 aromatic heterocycles. The lowest BCUT2D eigenvalue weighted by atomic mass is 9.99. The molecule has 492 valence electrons. The van der Waals surface area contributed by atoms with Gasteiger partial charge in [0.1, 0.15) is 19.3 Å². The first-order valence-corrected chi connectivity index (χ1v) is 36.7. The zero-order chi connectivity index (χ0) is 61.3. The summed E-state index contributed by atoms with van der Waals surface area (Å²) in [5.74, 6) is -1.33. The number of esters is 4. The fourth-order valence-electron chi connectivity index (χ4n) is 9.55. The van der Waals surface area contributed by atoms with E-state index in [4.69, 9.17) is 37.0 Å². The second kappa shape index (κ2) is 57.8.